The minimum absolute atomic E-state index is 0.173. The maximum absolute atomic E-state index is 12.7. The number of nitrogens with one attached hydrogen (secondary N) is 1. The van der Waals surface area contributed by atoms with Gasteiger partial charge in [-0.3, -0.25) is 4.79 Å². The lowest BCUT2D eigenvalue weighted by atomic mass is 10.1. The molecule has 0 aliphatic rings. The number of halogens is 3. The average Bonchev–Trinajstić information content (AvgIpc) is 2.88. The lowest BCUT2D eigenvalue weighted by Gasteiger charge is -2.08. The Morgan fingerprint density at radius 3 is 2.64 bits per heavy atom. The predicted octanol–water partition coefficient (Wildman–Crippen LogP) is 4.09. The standard InChI is InChI=1S/C18H20F3N3O/c1-12(2)24-11-15(7-13(24)3)10-22-23-17(25)9-14-5-4-6-16(8-14)18(19,20)21/h4-8,10-12H,9H2,1-3H3,(H,23,25)/b22-10+. The quantitative estimate of drug-likeness (QED) is 0.640. The number of alkyl halides is 3. The Hall–Kier alpha value is -2.57. The molecule has 0 fully saturated rings. The van der Waals surface area contributed by atoms with Gasteiger partial charge in [-0.05, 0) is 38.5 Å². The second kappa shape index (κ2) is 7.55. The molecule has 1 aromatic heterocycles. The number of hydrazone groups is 1. The predicted molar refractivity (Wildman–Crippen MR) is 90.4 cm³/mol. The topological polar surface area (TPSA) is 46.4 Å². The van der Waals surface area contributed by atoms with Gasteiger partial charge in [0, 0.05) is 23.5 Å². The number of aromatic nitrogens is 1. The normalized spacial score (nSPS) is 12.1. The smallest absolute Gasteiger partial charge is 0.349 e. The van der Waals surface area contributed by atoms with Crippen molar-refractivity contribution in [3.8, 4) is 0 Å². The van der Waals surface area contributed by atoms with Crippen molar-refractivity contribution < 1.29 is 18.0 Å². The zero-order valence-electron chi connectivity index (χ0n) is 14.3. The van der Waals surface area contributed by atoms with Gasteiger partial charge in [0.25, 0.3) is 0 Å². The Morgan fingerprint density at radius 1 is 1.32 bits per heavy atom. The van der Waals surface area contributed by atoms with Crippen LogP contribution in [-0.4, -0.2) is 16.7 Å². The number of hydrogen-bond acceptors (Lipinski definition) is 2. The van der Waals surface area contributed by atoms with Crippen LogP contribution in [0.25, 0.3) is 0 Å². The van der Waals surface area contributed by atoms with Crippen molar-refractivity contribution in [2.24, 2.45) is 5.10 Å². The Bertz CT molecular complexity index is 776. The number of carbonyl (C=O) groups is 1. The molecule has 0 unspecified atom stereocenters. The SMILES string of the molecule is Cc1cc(/C=N/NC(=O)Cc2cccc(C(F)(F)F)c2)cn1C(C)C. The van der Waals surface area contributed by atoms with E-state index in [-0.39, 0.29) is 12.0 Å². The monoisotopic (exact) mass is 351 g/mol. The Kier molecular flexibility index (Phi) is 5.66. The summed E-state index contributed by atoms with van der Waals surface area (Å²) in [6.45, 7) is 6.10. The Labute approximate surface area is 144 Å². The summed E-state index contributed by atoms with van der Waals surface area (Å²) in [6, 6.07) is 6.95. The summed E-state index contributed by atoms with van der Waals surface area (Å²) in [4.78, 5) is 11.8. The van der Waals surface area contributed by atoms with Crippen LogP contribution in [0.1, 0.15) is 42.3 Å². The van der Waals surface area contributed by atoms with Gasteiger partial charge < -0.3 is 4.57 Å². The number of nitrogens with zero attached hydrogens (tertiary/aromatic N) is 2. The molecule has 4 nitrogen and oxygen atoms in total. The average molecular weight is 351 g/mol. The van der Waals surface area contributed by atoms with E-state index in [2.05, 4.69) is 28.9 Å². The van der Waals surface area contributed by atoms with Crippen LogP contribution < -0.4 is 5.43 Å². The first-order valence-corrected chi connectivity index (χ1v) is 7.83. The van der Waals surface area contributed by atoms with Crippen molar-refractivity contribution in [3.05, 3.63) is 58.9 Å². The highest BCUT2D eigenvalue weighted by Gasteiger charge is 2.30. The maximum atomic E-state index is 12.7. The van der Waals surface area contributed by atoms with E-state index in [9.17, 15) is 18.0 Å². The molecule has 0 spiro atoms. The van der Waals surface area contributed by atoms with E-state index in [1.807, 2.05) is 19.2 Å². The molecular formula is C18H20F3N3O. The van der Waals surface area contributed by atoms with Crippen molar-refractivity contribution in [1.82, 2.24) is 9.99 Å². The van der Waals surface area contributed by atoms with Crippen LogP contribution in [0.5, 0.6) is 0 Å². The van der Waals surface area contributed by atoms with E-state index in [0.29, 0.717) is 6.04 Å². The first-order chi connectivity index (χ1) is 11.7. The highest BCUT2D eigenvalue weighted by atomic mass is 19.4. The zero-order chi connectivity index (χ0) is 18.6. The van der Waals surface area contributed by atoms with E-state index in [1.54, 1.807) is 0 Å². The third kappa shape index (κ3) is 5.20. The van der Waals surface area contributed by atoms with Gasteiger partial charge in [0.05, 0.1) is 18.2 Å². The van der Waals surface area contributed by atoms with Crippen molar-refractivity contribution in [3.63, 3.8) is 0 Å². The van der Waals surface area contributed by atoms with Gasteiger partial charge in [0.2, 0.25) is 5.91 Å². The van der Waals surface area contributed by atoms with Gasteiger partial charge in [0.15, 0.2) is 0 Å². The summed E-state index contributed by atoms with van der Waals surface area (Å²) >= 11 is 0. The van der Waals surface area contributed by atoms with Crippen LogP contribution in [0, 0.1) is 6.92 Å². The maximum Gasteiger partial charge on any atom is 0.416 e. The van der Waals surface area contributed by atoms with Gasteiger partial charge in [0.1, 0.15) is 0 Å². The van der Waals surface area contributed by atoms with Gasteiger partial charge >= 0.3 is 6.18 Å². The molecule has 0 bridgehead atoms. The largest absolute Gasteiger partial charge is 0.416 e. The zero-order valence-corrected chi connectivity index (χ0v) is 14.3. The molecule has 0 saturated heterocycles. The van der Waals surface area contributed by atoms with E-state index in [0.717, 1.165) is 23.4 Å². The molecule has 0 aliphatic heterocycles. The van der Waals surface area contributed by atoms with Crippen LogP contribution >= 0.6 is 0 Å². The Morgan fingerprint density at radius 2 is 2.04 bits per heavy atom. The molecule has 25 heavy (non-hydrogen) atoms. The lowest BCUT2D eigenvalue weighted by molar-refractivity contribution is -0.137. The molecule has 2 rings (SSSR count). The third-order valence-corrected chi connectivity index (χ3v) is 3.65. The summed E-state index contributed by atoms with van der Waals surface area (Å²) in [5.74, 6) is -0.476. The molecule has 7 heteroatoms. The van der Waals surface area contributed by atoms with Gasteiger partial charge in [-0.15, -0.1) is 0 Å². The van der Waals surface area contributed by atoms with Crippen LogP contribution in [-0.2, 0) is 17.4 Å². The fourth-order valence-electron chi connectivity index (χ4n) is 2.50. The number of hydrogen-bond donors (Lipinski definition) is 1. The Balaban J connectivity index is 1.96. The van der Waals surface area contributed by atoms with Crippen molar-refractivity contribution in [2.45, 2.75) is 39.4 Å². The molecule has 1 heterocycles. The van der Waals surface area contributed by atoms with E-state index < -0.39 is 17.6 Å². The first kappa shape index (κ1) is 18.8. The second-order valence-electron chi connectivity index (χ2n) is 6.08. The lowest BCUT2D eigenvalue weighted by Crippen LogP contribution is -2.20. The summed E-state index contributed by atoms with van der Waals surface area (Å²) < 4.78 is 40.1. The van der Waals surface area contributed by atoms with E-state index in [4.69, 9.17) is 0 Å². The van der Waals surface area contributed by atoms with Crippen molar-refractivity contribution >= 4 is 12.1 Å². The fourth-order valence-corrected chi connectivity index (χ4v) is 2.50. The van der Waals surface area contributed by atoms with E-state index >= 15 is 0 Å². The molecule has 0 aliphatic carbocycles. The number of amides is 1. The van der Waals surface area contributed by atoms with E-state index in [1.165, 1.54) is 18.3 Å². The molecule has 2 aromatic rings. The van der Waals surface area contributed by atoms with Crippen molar-refractivity contribution in [1.29, 1.82) is 0 Å². The first-order valence-electron chi connectivity index (χ1n) is 7.83. The van der Waals surface area contributed by atoms with Crippen LogP contribution in [0.15, 0.2) is 41.6 Å². The minimum atomic E-state index is -4.42. The molecule has 1 N–H and O–H groups in total. The summed E-state index contributed by atoms with van der Waals surface area (Å²) in [7, 11) is 0. The summed E-state index contributed by atoms with van der Waals surface area (Å²) in [6.07, 6.45) is -1.17. The number of aryl methyl sites for hydroxylation is 1. The van der Waals surface area contributed by atoms with Gasteiger partial charge in [-0.1, -0.05) is 18.2 Å². The molecule has 1 aromatic carbocycles. The molecule has 0 saturated carbocycles. The number of carbonyl (C=O) groups excluding carboxylic acids is 1. The number of rotatable bonds is 5. The van der Waals surface area contributed by atoms with Gasteiger partial charge in [-0.2, -0.15) is 18.3 Å². The van der Waals surface area contributed by atoms with Gasteiger partial charge in [-0.25, -0.2) is 5.43 Å². The van der Waals surface area contributed by atoms with Crippen molar-refractivity contribution in [2.75, 3.05) is 0 Å². The molecule has 1 amide bonds. The molecule has 0 atom stereocenters. The molecule has 134 valence electrons. The van der Waals surface area contributed by atoms with Crippen LogP contribution in [0.2, 0.25) is 0 Å². The molecular weight excluding hydrogens is 331 g/mol. The second-order valence-corrected chi connectivity index (χ2v) is 6.08. The summed E-state index contributed by atoms with van der Waals surface area (Å²) in [5.41, 5.74) is 3.76. The minimum Gasteiger partial charge on any atom is -0.349 e. The highest BCUT2D eigenvalue weighted by molar-refractivity contribution is 5.83. The summed E-state index contributed by atoms with van der Waals surface area (Å²) in [5, 5.41) is 3.86. The number of benzene rings is 1. The fraction of sp³-hybridized carbons (Fsp3) is 0.333. The van der Waals surface area contributed by atoms with Crippen LogP contribution in [0.3, 0.4) is 0 Å². The third-order valence-electron chi connectivity index (χ3n) is 3.65. The molecule has 0 radical (unpaired) electrons. The highest BCUT2D eigenvalue weighted by Crippen LogP contribution is 2.29. The van der Waals surface area contributed by atoms with Crippen LogP contribution in [0.4, 0.5) is 13.2 Å².